The van der Waals surface area contributed by atoms with Crippen LogP contribution >= 0.6 is 0 Å². The highest BCUT2D eigenvalue weighted by Crippen LogP contribution is 2.37. The lowest BCUT2D eigenvalue weighted by Crippen LogP contribution is -2.06. The molecule has 5 nitrogen and oxygen atoms in total. The number of benzene rings is 3. The van der Waals surface area contributed by atoms with Gasteiger partial charge < -0.3 is 4.74 Å². The van der Waals surface area contributed by atoms with E-state index in [-0.39, 0.29) is 11.5 Å². The first-order valence-corrected chi connectivity index (χ1v) is 8.47. The third-order valence-electron chi connectivity index (χ3n) is 4.04. The standard InChI is InChI=1S/C21H15F3N2O3/c1-14-5-2-3-8-18(14)25-13-15-6-4-7-17(11-15)29-20-10-9-16(21(22,23)24)12-19(20)26(27)28/h2-13H,1H3. The van der Waals surface area contributed by atoms with Crippen molar-refractivity contribution in [2.45, 2.75) is 13.1 Å². The summed E-state index contributed by atoms with van der Waals surface area (Å²) < 4.78 is 43.9. The summed E-state index contributed by atoms with van der Waals surface area (Å²) in [6.45, 7) is 1.93. The van der Waals surface area contributed by atoms with Crippen molar-refractivity contribution in [3.8, 4) is 11.5 Å². The van der Waals surface area contributed by atoms with Crippen molar-refractivity contribution in [1.29, 1.82) is 0 Å². The Labute approximate surface area is 164 Å². The van der Waals surface area contributed by atoms with Crippen molar-refractivity contribution in [2.24, 2.45) is 4.99 Å². The first kappa shape index (κ1) is 20.1. The van der Waals surface area contributed by atoms with E-state index in [1.165, 1.54) is 0 Å². The maximum atomic E-state index is 12.8. The number of alkyl halides is 3. The maximum Gasteiger partial charge on any atom is 0.416 e. The third-order valence-corrected chi connectivity index (χ3v) is 4.04. The molecule has 0 aliphatic rings. The zero-order chi connectivity index (χ0) is 21.0. The number of hydrogen-bond acceptors (Lipinski definition) is 4. The van der Waals surface area contributed by atoms with Gasteiger partial charge in [-0.15, -0.1) is 0 Å². The number of ether oxygens (including phenoxy) is 1. The Morgan fingerprint density at radius 3 is 2.48 bits per heavy atom. The van der Waals surface area contributed by atoms with Crippen LogP contribution in [0.2, 0.25) is 0 Å². The minimum absolute atomic E-state index is 0.238. The van der Waals surface area contributed by atoms with Crippen LogP contribution in [0.15, 0.2) is 71.7 Å². The molecule has 0 aliphatic carbocycles. The highest BCUT2D eigenvalue weighted by Gasteiger charge is 2.33. The maximum absolute atomic E-state index is 12.8. The first-order chi connectivity index (χ1) is 13.7. The van der Waals surface area contributed by atoms with Gasteiger partial charge in [0.05, 0.1) is 16.2 Å². The van der Waals surface area contributed by atoms with Gasteiger partial charge in [-0.1, -0.05) is 30.3 Å². The van der Waals surface area contributed by atoms with E-state index < -0.39 is 22.4 Å². The Hall–Kier alpha value is -3.68. The van der Waals surface area contributed by atoms with Gasteiger partial charge in [0.25, 0.3) is 0 Å². The molecule has 0 aliphatic heterocycles. The summed E-state index contributed by atoms with van der Waals surface area (Å²) in [4.78, 5) is 14.7. The average Bonchev–Trinajstić information content (AvgIpc) is 2.67. The summed E-state index contributed by atoms with van der Waals surface area (Å²) in [5, 5.41) is 11.2. The molecule has 0 bridgehead atoms. The predicted molar refractivity (Wildman–Crippen MR) is 103 cm³/mol. The molecule has 8 heteroatoms. The summed E-state index contributed by atoms with van der Waals surface area (Å²) in [6.07, 6.45) is -3.08. The summed E-state index contributed by atoms with van der Waals surface area (Å²) in [7, 11) is 0. The highest BCUT2D eigenvalue weighted by atomic mass is 19.4. The number of rotatable bonds is 5. The molecule has 29 heavy (non-hydrogen) atoms. The number of halogens is 3. The second kappa shape index (κ2) is 8.14. The first-order valence-electron chi connectivity index (χ1n) is 8.47. The summed E-state index contributed by atoms with van der Waals surface area (Å²) in [6, 6.07) is 16.2. The zero-order valence-corrected chi connectivity index (χ0v) is 15.2. The molecule has 3 aromatic rings. The van der Waals surface area contributed by atoms with Gasteiger partial charge in [-0.25, -0.2) is 0 Å². The lowest BCUT2D eigenvalue weighted by molar-refractivity contribution is -0.385. The summed E-state index contributed by atoms with van der Waals surface area (Å²) in [5.41, 5.74) is 0.573. The third kappa shape index (κ3) is 4.98. The molecule has 0 atom stereocenters. The van der Waals surface area contributed by atoms with E-state index in [0.29, 0.717) is 11.6 Å². The Morgan fingerprint density at radius 1 is 1.03 bits per heavy atom. The fourth-order valence-electron chi connectivity index (χ4n) is 2.56. The van der Waals surface area contributed by atoms with Crippen LogP contribution in [0.4, 0.5) is 24.5 Å². The van der Waals surface area contributed by atoms with E-state index in [0.717, 1.165) is 23.4 Å². The van der Waals surface area contributed by atoms with Crippen molar-refractivity contribution in [1.82, 2.24) is 0 Å². The molecule has 0 fully saturated rings. The van der Waals surface area contributed by atoms with Crippen molar-refractivity contribution in [2.75, 3.05) is 0 Å². The van der Waals surface area contributed by atoms with Crippen LogP contribution in [0.1, 0.15) is 16.7 Å². The van der Waals surface area contributed by atoms with Crippen LogP contribution in [0.5, 0.6) is 11.5 Å². The van der Waals surface area contributed by atoms with E-state index in [1.54, 1.807) is 30.5 Å². The quantitative estimate of drug-likeness (QED) is 0.280. The second-order valence-electron chi connectivity index (χ2n) is 6.16. The number of nitro groups is 1. The van der Waals surface area contributed by atoms with Crippen LogP contribution < -0.4 is 4.74 Å². The van der Waals surface area contributed by atoms with Gasteiger partial charge in [0.15, 0.2) is 0 Å². The Bertz CT molecular complexity index is 1080. The molecule has 3 rings (SSSR count). The van der Waals surface area contributed by atoms with Crippen molar-refractivity contribution in [3.63, 3.8) is 0 Å². The molecule has 0 heterocycles. The monoisotopic (exact) mass is 400 g/mol. The molecule has 0 unspecified atom stereocenters. The van der Waals surface area contributed by atoms with Crippen LogP contribution in [0.25, 0.3) is 0 Å². The molecular weight excluding hydrogens is 385 g/mol. The second-order valence-corrected chi connectivity index (χ2v) is 6.16. The largest absolute Gasteiger partial charge is 0.450 e. The summed E-state index contributed by atoms with van der Waals surface area (Å²) in [5.74, 6) is -0.0439. The lowest BCUT2D eigenvalue weighted by atomic mass is 10.1. The molecule has 0 N–H and O–H groups in total. The number of nitro benzene ring substituents is 1. The van der Waals surface area contributed by atoms with Gasteiger partial charge in [0, 0.05) is 12.3 Å². The number of hydrogen-bond donors (Lipinski definition) is 0. The van der Waals surface area contributed by atoms with E-state index in [9.17, 15) is 23.3 Å². The molecule has 0 saturated carbocycles. The van der Waals surface area contributed by atoms with Crippen molar-refractivity contribution >= 4 is 17.6 Å². The van der Waals surface area contributed by atoms with Crippen molar-refractivity contribution < 1.29 is 22.8 Å². The summed E-state index contributed by atoms with van der Waals surface area (Å²) >= 11 is 0. The molecule has 0 saturated heterocycles. The predicted octanol–water partition coefficient (Wildman–Crippen LogP) is 6.46. The molecule has 148 valence electrons. The highest BCUT2D eigenvalue weighted by molar-refractivity contribution is 5.82. The van der Waals surface area contributed by atoms with Gasteiger partial charge in [-0.3, -0.25) is 15.1 Å². The number of aliphatic imine (C=N–C) groups is 1. The minimum atomic E-state index is -4.69. The van der Waals surface area contributed by atoms with E-state index in [2.05, 4.69) is 4.99 Å². The van der Waals surface area contributed by atoms with Crippen LogP contribution in [-0.2, 0) is 6.18 Å². The van der Waals surface area contributed by atoms with Gasteiger partial charge in [-0.2, -0.15) is 13.2 Å². The Balaban J connectivity index is 1.87. The fourth-order valence-corrected chi connectivity index (χ4v) is 2.56. The van der Waals surface area contributed by atoms with Crippen LogP contribution in [0, 0.1) is 17.0 Å². The van der Waals surface area contributed by atoms with E-state index in [1.807, 2.05) is 31.2 Å². The van der Waals surface area contributed by atoms with Gasteiger partial charge in [-0.05, 0) is 48.4 Å². The molecule has 3 aromatic carbocycles. The van der Waals surface area contributed by atoms with Crippen LogP contribution in [-0.4, -0.2) is 11.1 Å². The zero-order valence-electron chi connectivity index (χ0n) is 15.2. The minimum Gasteiger partial charge on any atom is -0.450 e. The molecule has 0 radical (unpaired) electrons. The number of aryl methyl sites for hydroxylation is 1. The average molecular weight is 400 g/mol. The Kier molecular flexibility index (Phi) is 5.63. The van der Waals surface area contributed by atoms with Gasteiger partial charge in [0.2, 0.25) is 5.75 Å². The van der Waals surface area contributed by atoms with E-state index >= 15 is 0 Å². The Morgan fingerprint density at radius 2 is 1.79 bits per heavy atom. The number of nitrogens with zero attached hydrogens (tertiary/aromatic N) is 2. The normalized spacial score (nSPS) is 11.6. The molecule has 0 aromatic heterocycles. The van der Waals surface area contributed by atoms with E-state index in [4.69, 9.17) is 4.74 Å². The van der Waals surface area contributed by atoms with Crippen molar-refractivity contribution in [3.05, 3.63) is 93.5 Å². The molecular formula is C21H15F3N2O3. The SMILES string of the molecule is Cc1ccccc1N=Cc1cccc(Oc2ccc(C(F)(F)F)cc2[N+](=O)[O-])c1. The topological polar surface area (TPSA) is 64.7 Å². The number of para-hydroxylation sites is 1. The molecule has 0 amide bonds. The molecule has 0 spiro atoms. The van der Waals surface area contributed by atoms with Gasteiger partial charge >= 0.3 is 11.9 Å². The smallest absolute Gasteiger partial charge is 0.416 e. The fraction of sp³-hybridized carbons (Fsp3) is 0.0952. The van der Waals surface area contributed by atoms with Crippen LogP contribution in [0.3, 0.4) is 0 Å². The lowest BCUT2D eigenvalue weighted by Gasteiger charge is -2.10. The van der Waals surface area contributed by atoms with Gasteiger partial charge in [0.1, 0.15) is 5.75 Å².